The molecule has 1 unspecified atom stereocenters. The Balaban J connectivity index is 1.58. The van der Waals surface area contributed by atoms with Crippen LogP contribution in [-0.2, 0) is 11.2 Å². The average Bonchev–Trinajstić information content (AvgIpc) is 2.84. The molecule has 1 N–H and O–H groups in total. The van der Waals surface area contributed by atoms with Crippen LogP contribution in [0.15, 0.2) is 12.1 Å². The molecule has 4 heteroatoms. The van der Waals surface area contributed by atoms with Crippen LogP contribution in [0, 0.1) is 5.92 Å². The van der Waals surface area contributed by atoms with Gasteiger partial charge in [0.25, 0.3) is 0 Å². The van der Waals surface area contributed by atoms with Crippen molar-refractivity contribution in [3.05, 3.63) is 21.3 Å². The van der Waals surface area contributed by atoms with E-state index in [0.717, 1.165) is 43.0 Å². The quantitative estimate of drug-likeness (QED) is 0.806. The van der Waals surface area contributed by atoms with Crippen molar-refractivity contribution >= 4 is 22.9 Å². The van der Waals surface area contributed by atoms with Crippen molar-refractivity contribution in [3.8, 4) is 0 Å². The second kappa shape index (κ2) is 5.85. The minimum atomic E-state index is 0.719. The SMILES string of the molecule is Clc1ccc(CCNCC2CCOC2)s1. The van der Waals surface area contributed by atoms with E-state index in [1.807, 2.05) is 6.07 Å². The molecule has 1 fully saturated rings. The van der Waals surface area contributed by atoms with E-state index in [4.69, 9.17) is 16.3 Å². The summed E-state index contributed by atoms with van der Waals surface area (Å²) in [6, 6.07) is 4.07. The van der Waals surface area contributed by atoms with E-state index in [2.05, 4.69) is 11.4 Å². The molecular weight excluding hydrogens is 230 g/mol. The second-order valence-electron chi connectivity index (χ2n) is 3.89. The normalized spacial score (nSPS) is 21.0. The monoisotopic (exact) mass is 245 g/mol. The summed E-state index contributed by atoms with van der Waals surface area (Å²) in [6.07, 6.45) is 2.28. The number of thiophene rings is 1. The summed E-state index contributed by atoms with van der Waals surface area (Å²) in [7, 11) is 0. The van der Waals surface area contributed by atoms with E-state index in [-0.39, 0.29) is 0 Å². The number of hydrogen-bond donors (Lipinski definition) is 1. The topological polar surface area (TPSA) is 21.3 Å². The van der Waals surface area contributed by atoms with Gasteiger partial charge in [-0.1, -0.05) is 11.6 Å². The van der Waals surface area contributed by atoms with E-state index < -0.39 is 0 Å². The fourth-order valence-corrected chi connectivity index (χ4v) is 2.84. The van der Waals surface area contributed by atoms with E-state index in [0.29, 0.717) is 0 Å². The fourth-order valence-electron chi connectivity index (χ4n) is 1.75. The minimum Gasteiger partial charge on any atom is -0.381 e. The van der Waals surface area contributed by atoms with Crippen molar-refractivity contribution < 1.29 is 4.74 Å². The fraction of sp³-hybridized carbons (Fsp3) is 0.636. The highest BCUT2D eigenvalue weighted by molar-refractivity contribution is 7.16. The summed E-state index contributed by atoms with van der Waals surface area (Å²) in [4.78, 5) is 1.36. The summed E-state index contributed by atoms with van der Waals surface area (Å²) >= 11 is 7.53. The maximum atomic E-state index is 5.86. The molecule has 2 rings (SSSR count). The van der Waals surface area contributed by atoms with Gasteiger partial charge in [-0.3, -0.25) is 0 Å². The molecule has 1 saturated heterocycles. The molecule has 0 amide bonds. The van der Waals surface area contributed by atoms with Crippen LogP contribution in [0.25, 0.3) is 0 Å². The zero-order valence-corrected chi connectivity index (χ0v) is 10.2. The molecule has 84 valence electrons. The Hall–Kier alpha value is -0.0900. The Morgan fingerprint density at radius 2 is 2.47 bits per heavy atom. The van der Waals surface area contributed by atoms with Crippen LogP contribution in [0.5, 0.6) is 0 Å². The largest absolute Gasteiger partial charge is 0.381 e. The molecule has 0 aromatic carbocycles. The van der Waals surface area contributed by atoms with Crippen molar-refractivity contribution in [2.45, 2.75) is 12.8 Å². The van der Waals surface area contributed by atoms with E-state index in [1.165, 1.54) is 11.3 Å². The standard InChI is InChI=1S/C11H16ClNOS/c12-11-2-1-10(15-11)3-5-13-7-9-4-6-14-8-9/h1-2,9,13H,3-8H2. The predicted octanol–water partition coefficient (Wildman–Crippen LogP) is 2.57. The molecule has 0 radical (unpaired) electrons. The van der Waals surface area contributed by atoms with Crippen molar-refractivity contribution in [2.75, 3.05) is 26.3 Å². The Labute approximate surface area is 99.6 Å². The molecule has 0 aliphatic carbocycles. The summed E-state index contributed by atoms with van der Waals surface area (Å²) < 4.78 is 6.20. The van der Waals surface area contributed by atoms with Crippen LogP contribution < -0.4 is 5.32 Å². The second-order valence-corrected chi connectivity index (χ2v) is 5.69. The lowest BCUT2D eigenvalue weighted by atomic mass is 10.1. The first-order valence-corrected chi connectivity index (χ1v) is 6.57. The number of hydrogen-bond acceptors (Lipinski definition) is 3. The summed E-state index contributed by atoms with van der Waals surface area (Å²) in [6.45, 7) is 3.98. The van der Waals surface area contributed by atoms with Gasteiger partial charge in [0.05, 0.1) is 10.9 Å². The third kappa shape index (κ3) is 3.76. The van der Waals surface area contributed by atoms with Crippen molar-refractivity contribution in [1.29, 1.82) is 0 Å². The van der Waals surface area contributed by atoms with Gasteiger partial charge < -0.3 is 10.1 Å². The zero-order valence-electron chi connectivity index (χ0n) is 8.67. The number of halogens is 1. The molecule has 15 heavy (non-hydrogen) atoms. The highest BCUT2D eigenvalue weighted by atomic mass is 35.5. The van der Waals surface area contributed by atoms with Gasteiger partial charge in [-0.15, -0.1) is 11.3 Å². The Kier molecular flexibility index (Phi) is 4.44. The molecule has 2 nitrogen and oxygen atoms in total. The molecule has 0 spiro atoms. The van der Waals surface area contributed by atoms with Crippen LogP contribution in [-0.4, -0.2) is 26.3 Å². The van der Waals surface area contributed by atoms with Crippen molar-refractivity contribution in [1.82, 2.24) is 5.32 Å². The predicted molar refractivity (Wildman–Crippen MR) is 64.8 cm³/mol. The lowest BCUT2D eigenvalue weighted by molar-refractivity contribution is 0.185. The molecule has 2 heterocycles. The Bertz CT molecular complexity index is 297. The van der Waals surface area contributed by atoms with Crippen molar-refractivity contribution in [3.63, 3.8) is 0 Å². The Morgan fingerprint density at radius 3 is 3.13 bits per heavy atom. The minimum absolute atomic E-state index is 0.719. The summed E-state index contributed by atoms with van der Waals surface area (Å²) in [5.74, 6) is 0.719. The maximum absolute atomic E-state index is 5.86. The number of rotatable bonds is 5. The molecule has 1 aromatic rings. The van der Waals surface area contributed by atoms with Gasteiger partial charge in [0.2, 0.25) is 0 Å². The third-order valence-corrected chi connectivity index (χ3v) is 3.92. The molecule has 1 aromatic heterocycles. The van der Waals surface area contributed by atoms with Gasteiger partial charge in [0.1, 0.15) is 0 Å². The highest BCUT2D eigenvalue weighted by Crippen LogP contribution is 2.21. The van der Waals surface area contributed by atoms with E-state index in [9.17, 15) is 0 Å². The average molecular weight is 246 g/mol. The first kappa shape index (κ1) is 11.4. The van der Waals surface area contributed by atoms with Crippen molar-refractivity contribution in [2.24, 2.45) is 5.92 Å². The van der Waals surface area contributed by atoms with Gasteiger partial charge in [-0.25, -0.2) is 0 Å². The van der Waals surface area contributed by atoms with Crippen LogP contribution in [0.1, 0.15) is 11.3 Å². The van der Waals surface area contributed by atoms with Crippen LogP contribution >= 0.6 is 22.9 Å². The summed E-state index contributed by atoms with van der Waals surface area (Å²) in [5, 5.41) is 3.47. The lowest BCUT2D eigenvalue weighted by Crippen LogP contribution is -2.24. The van der Waals surface area contributed by atoms with Gasteiger partial charge >= 0.3 is 0 Å². The highest BCUT2D eigenvalue weighted by Gasteiger charge is 2.14. The molecule has 1 atom stereocenters. The smallest absolute Gasteiger partial charge is 0.0931 e. The van der Waals surface area contributed by atoms with Crippen LogP contribution in [0.4, 0.5) is 0 Å². The number of ether oxygens (including phenoxy) is 1. The summed E-state index contributed by atoms with van der Waals surface area (Å²) in [5.41, 5.74) is 0. The van der Waals surface area contributed by atoms with Gasteiger partial charge in [-0.2, -0.15) is 0 Å². The third-order valence-electron chi connectivity index (χ3n) is 2.63. The van der Waals surface area contributed by atoms with Gasteiger partial charge in [0, 0.05) is 18.0 Å². The van der Waals surface area contributed by atoms with Crippen LogP contribution in [0.2, 0.25) is 4.34 Å². The maximum Gasteiger partial charge on any atom is 0.0931 e. The van der Waals surface area contributed by atoms with Gasteiger partial charge in [-0.05, 0) is 37.4 Å². The first-order valence-electron chi connectivity index (χ1n) is 5.37. The lowest BCUT2D eigenvalue weighted by Gasteiger charge is -2.08. The van der Waals surface area contributed by atoms with Gasteiger partial charge in [0.15, 0.2) is 0 Å². The molecular formula is C11H16ClNOS. The molecule has 0 bridgehead atoms. The van der Waals surface area contributed by atoms with E-state index >= 15 is 0 Å². The zero-order chi connectivity index (χ0) is 10.5. The Morgan fingerprint density at radius 1 is 1.53 bits per heavy atom. The van der Waals surface area contributed by atoms with E-state index in [1.54, 1.807) is 11.3 Å². The molecule has 1 aliphatic rings. The first-order chi connectivity index (χ1) is 7.34. The number of nitrogens with one attached hydrogen (secondary N) is 1. The molecule has 0 saturated carbocycles. The molecule has 1 aliphatic heterocycles. The van der Waals surface area contributed by atoms with Crippen LogP contribution in [0.3, 0.4) is 0 Å².